The van der Waals surface area contributed by atoms with Crippen LogP contribution < -0.4 is 5.73 Å². The number of rotatable bonds is 2. The number of carboxylic acids is 1. The number of hydrogen-bond donors (Lipinski definition) is 3. The highest BCUT2D eigenvalue weighted by Crippen LogP contribution is 2.27. The van der Waals surface area contributed by atoms with E-state index in [4.69, 9.17) is 10.8 Å². The summed E-state index contributed by atoms with van der Waals surface area (Å²) >= 11 is 0. The molecule has 0 spiro atoms. The fraction of sp³-hybridized carbons (Fsp3) is 0.0833. The Morgan fingerprint density at radius 3 is 2.50 bits per heavy atom. The van der Waals surface area contributed by atoms with Crippen molar-refractivity contribution in [3.05, 3.63) is 41.6 Å². The lowest BCUT2D eigenvalue weighted by Crippen LogP contribution is -2.01. The summed E-state index contributed by atoms with van der Waals surface area (Å²) in [7, 11) is 0. The minimum atomic E-state index is -1.02. The van der Waals surface area contributed by atoms with Crippen molar-refractivity contribution >= 4 is 11.7 Å². The molecule has 1 aromatic heterocycles. The second kappa shape index (κ2) is 3.73. The molecular weight excluding hydrogens is 204 g/mol. The number of aromatic nitrogens is 1. The molecular formula is C12H12N2O2. The van der Waals surface area contributed by atoms with Crippen molar-refractivity contribution in [1.82, 2.24) is 4.98 Å². The summed E-state index contributed by atoms with van der Waals surface area (Å²) in [4.78, 5) is 13.9. The quantitative estimate of drug-likeness (QED) is 0.720. The van der Waals surface area contributed by atoms with E-state index < -0.39 is 5.97 Å². The van der Waals surface area contributed by atoms with Crippen molar-refractivity contribution in [3.63, 3.8) is 0 Å². The summed E-state index contributed by atoms with van der Waals surface area (Å²) in [5.41, 5.74) is 8.47. The highest BCUT2D eigenvalue weighted by atomic mass is 16.4. The lowest BCUT2D eigenvalue weighted by atomic mass is 10.1. The number of carboxylic acid groups (broad SMARTS) is 1. The van der Waals surface area contributed by atoms with Gasteiger partial charge in [0.2, 0.25) is 0 Å². The van der Waals surface area contributed by atoms with E-state index in [0.717, 1.165) is 11.1 Å². The number of H-pyrrole nitrogens is 1. The van der Waals surface area contributed by atoms with Crippen molar-refractivity contribution in [1.29, 1.82) is 0 Å². The molecule has 0 bridgehead atoms. The highest BCUT2D eigenvalue weighted by molar-refractivity contribution is 6.00. The first-order valence-corrected chi connectivity index (χ1v) is 4.87. The van der Waals surface area contributed by atoms with E-state index in [1.165, 1.54) is 6.20 Å². The third-order valence-corrected chi connectivity index (χ3v) is 2.46. The number of anilines is 1. The Hall–Kier alpha value is -2.23. The molecule has 1 aromatic carbocycles. The van der Waals surface area contributed by atoms with Crippen molar-refractivity contribution in [3.8, 4) is 11.3 Å². The van der Waals surface area contributed by atoms with Gasteiger partial charge in [-0.25, -0.2) is 4.79 Å². The van der Waals surface area contributed by atoms with E-state index in [2.05, 4.69) is 4.98 Å². The van der Waals surface area contributed by atoms with E-state index in [-0.39, 0.29) is 11.3 Å². The highest BCUT2D eigenvalue weighted by Gasteiger charge is 2.16. The molecule has 0 aliphatic heterocycles. The first-order chi connectivity index (χ1) is 7.59. The van der Waals surface area contributed by atoms with Gasteiger partial charge in [-0.1, -0.05) is 29.8 Å². The Kier molecular flexibility index (Phi) is 2.40. The Labute approximate surface area is 92.7 Å². The van der Waals surface area contributed by atoms with Crippen LogP contribution in [0, 0.1) is 6.92 Å². The van der Waals surface area contributed by atoms with Crippen LogP contribution in [0.25, 0.3) is 11.3 Å². The summed E-state index contributed by atoms with van der Waals surface area (Å²) in [6.07, 6.45) is 1.50. The molecule has 0 radical (unpaired) electrons. The lowest BCUT2D eigenvalue weighted by molar-refractivity contribution is 0.0699. The smallest absolute Gasteiger partial charge is 0.340 e. The van der Waals surface area contributed by atoms with Crippen molar-refractivity contribution in [2.24, 2.45) is 0 Å². The van der Waals surface area contributed by atoms with Crippen LogP contribution in [0.4, 0.5) is 5.69 Å². The lowest BCUT2D eigenvalue weighted by Gasteiger charge is -2.02. The fourth-order valence-electron chi connectivity index (χ4n) is 1.62. The molecule has 82 valence electrons. The second-order valence-corrected chi connectivity index (χ2v) is 3.67. The number of nitrogen functional groups attached to an aromatic ring is 1. The first-order valence-electron chi connectivity index (χ1n) is 4.87. The van der Waals surface area contributed by atoms with Crippen molar-refractivity contribution in [2.75, 3.05) is 5.73 Å². The molecule has 0 aliphatic carbocycles. The van der Waals surface area contributed by atoms with E-state index in [1.54, 1.807) is 0 Å². The van der Waals surface area contributed by atoms with Crippen LogP contribution in [0.15, 0.2) is 30.5 Å². The fourth-order valence-corrected chi connectivity index (χ4v) is 1.62. The molecule has 0 amide bonds. The molecule has 4 nitrogen and oxygen atoms in total. The molecule has 2 aromatic rings. The van der Waals surface area contributed by atoms with Gasteiger partial charge in [0.1, 0.15) is 5.56 Å². The zero-order valence-corrected chi connectivity index (χ0v) is 8.82. The minimum Gasteiger partial charge on any atom is -0.478 e. The normalized spacial score (nSPS) is 10.3. The zero-order valence-electron chi connectivity index (χ0n) is 8.82. The van der Waals surface area contributed by atoms with E-state index >= 15 is 0 Å². The summed E-state index contributed by atoms with van der Waals surface area (Å²) in [6.45, 7) is 1.98. The molecule has 0 fully saturated rings. The average molecular weight is 216 g/mol. The standard InChI is InChI=1S/C12H12N2O2/c1-7-2-4-8(5-3-7)11-10(12(15)16)9(13)6-14-11/h2-6,14H,13H2,1H3,(H,15,16). The second-order valence-electron chi connectivity index (χ2n) is 3.67. The maximum atomic E-state index is 11.0. The Morgan fingerprint density at radius 1 is 1.31 bits per heavy atom. The number of hydrogen-bond acceptors (Lipinski definition) is 2. The van der Waals surface area contributed by atoms with Gasteiger partial charge in [0.05, 0.1) is 11.4 Å². The topological polar surface area (TPSA) is 79.1 Å². The molecule has 0 saturated heterocycles. The molecule has 0 saturated carbocycles. The third-order valence-electron chi connectivity index (χ3n) is 2.46. The van der Waals surface area contributed by atoms with Crippen molar-refractivity contribution in [2.45, 2.75) is 6.92 Å². The number of nitrogens with one attached hydrogen (secondary N) is 1. The predicted molar refractivity (Wildman–Crippen MR) is 62.3 cm³/mol. The number of aromatic amines is 1. The Bertz CT molecular complexity index is 526. The van der Waals surface area contributed by atoms with E-state index in [9.17, 15) is 4.79 Å². The largest absolute Gasteiger partial charge is 0.478 e. The number of benzene rings is 1. The number of aryl methyl sites for hydroxylation is 1. The van der Waals surface area contributed by atoms with Gasteiger partial charge in [-0.3, -0.25) is 0 Å². The van der Waals surface area contributed by atoms with Gasteiger partial charge in [-0.15, -0.1) is 0 Å². The molecule has 0 unspecified atom stereocenters. The van der Waals surface area contributed by atoms with Crippen LogP contribution in [0.3, 0.4) is 0 Å². The molecule has 4 N–H and O–H groups in total. The van der Waals surface area contributed by atoms with Crippen LogP contribution in [0.2, 0.25) is 0 Å². The molecule has 2 rings (SSSR count). The summed E-state index contributed by atoms with van der Waals surface area (Å²) in [5.74, 6) is -1.02. The van der Waals surface area contributed by atoms with Gasteiger partial charge in [0.25, 0.3) is 0 Å². The molecule has 16 heavy (non-hydrogen) atoms. The van der Waals surface area contributed by atoms with Crippen LogP contribution >= 0.6 is 0 Å². The van der Waals surface area contributed by atoms with Crippen LogP contribution in [-0.4, -0.2) is 16.1 Å². The molecule has 0 atom stereocenters. The maximum absolute atomic E-state index is 11.0. The van der Waals surface area contributed by atoms with Gasteiger partial charge in [0.15, 0.2) is 0 Å². The summed E-state index contributed by atoms with van der Waals surface area (Å²) < 4.78 is 0. The third kappa shape index (κ3) is 1.65. The number of nitrogens with two attached hydrogens (primary N) is 1. The number of aromatic carboxylic acids is 1. The van der Waals surface area contributed by atoms with Gasteiger partial charge in [0, 0.05) is 6.20 Å². The van der Waals surface area contributed by atoms with Crippen molar-refractivity contribution < 1.29 is 9.90 Å². The van der Waals surface area contributed by atoms with E-state index in [0.29, 0.717) is 5.69 Å². The molecule has 0 aliphatic rings. The van der Waals surface area contributed by atoms with Crippen LogP contribution in [0.5, 0.6) is 0 Å². The van der Waals surface area contributed by atoms with Gasteiger partial charge < -0.3 is 15.8 Å². The first kappa shape index (κ1) is 10.3. The Morgan fingerprint density at radius 2 is 1.94 bits per heavy atom. The van der Waals surface area contributed by atoms with Gasteiger partial charge >= 0.3 is 5.97 Å². The zero-order chi connectivity index (χ0) is 11.7. The predicted octanol–water partition coefficient (Wildman–Crippen LogP) is 2.27. The van der Waals surface area contributed by atoms with Gasteiger partial charge in [-0.2, -0.15) is 0 Å². The number of carbonyl (C=O) groups is 1. The monoisotopic (exact) mass is 216 g/mol. The van der Waals surface area contributed by atoms with Gasteiger partial charge in [-0.05, 0) is 12.5 Å². The average Bonchev–Trinajstić information content (AvgIpc) is 2.61. The van der Waals surface area contributed by atoms with Crippen LogP contribution in [0.1, 0.15) is 15.9 Å². The molecule has 4 heteroatoms. The summed E-state index contributed by atoms with van der Waals surface area (Å²) in [5, 5.41) is 9.05. The SMILES string of the molecule is Cc1ccc(-c2[nH]cc(N)c2C(=O)O)cc1. The Balaban J connectivity index is 2.56. The van der Waals surface area contributed by atoms with E-state index in [1.807, 2.05) is 31.2 Å². The molecule has 1 heterocycles. The minimum absolute atomic E-state index is 0.129. The maximum Gasteiger partial charge on any atom is 0.340 e. The summed E-state index contributed by atoms with van der Waals surface area (Å²) in [6, 6.07) is 7.59. The van der Waals surface area contributed by atoms with Crippen LogP contribution in [-0.2, 0) is 0 Å².